The molecule has 3 heteroatoms. The van der Waals surface area contributed by atoms with E-state index in [1.54, 1.807) is 12.3 Å². The molecule has 16 heavy (non-hydrogen) atoms. The van der Waals surface area contributed by atoms with Crippen molar-refractivity contribution in [1.82, 2.24) is 4.98 Å². The molecular weight excluding hydrogens is 241 g/mol. The van der Waals surface area contributed by atoms with Gasteiger partial charge < -0.3 is 0 Å². The Balaban J connectivity index is 2.37. The van der Waals surface area contributed by atoms with Crippen LogP contribution in [0.3, 0.4) is 0 Å². The van der Waals surface area contributed by atoms with Crippen LogP contribution in [0.2, 0.25) is 10.0 Å². The number of halogens is 2. The third-order valence-electron chi connectivity index (χ3n) is 2.57. The van der Waals surface area contributed by atoms with Crippen LogP contribution in [0.1, 0.15) is 24.0 Å². The van der Waals surface area contributed by atoms with Crippen molar-refractivity contribution < 1.29 is 0 Å². The van der Waals surface area contributed by atoms with E-state index in [0.29, 0.717) is 10.0 Å². The first-order chi connectivity index (χ1) is 7.66. The Hall–Kier alpha value is -1.05. The molecule has 82 valence electrons. The molecule has 0 aliphatic rings. The van der Waals surface area contributed by atoms with Crippen molar-refractivity contribution >= 4 is 23.2 Å². The SMILES string of the molecule is CC(c1cccnc1)c1cc(Cl)cc(Cl)c1. The summed E-state index contributed by atoms with van der Waals surface area (Å²) in [4.78, 5) is 4.11. The summed E-state index contributed by atoms with van der Waals surface area (Å²) in [5.74, 6) is 0.241. The molecule has 1 atom stereocenters. The van der Waals surface area contributed by atoms with E-state index in [1.165, 1.54) is 0 Å². The smallest absolute Gasteiger partial charge is 0.0423 e. The fraction of sp³-hybridized carbons (Fsp3) is 0.154. The molecule has 0 N–H and O–H groups in total. The van der Waals surface area contributed by atoms with Crippen LogP contribution >= 0.6 is 23.2 Å². The summed E-state index contributed by atoms with van der Waals surface area (Å²) in [7, 11) is 0. The summed E-state index contributed by atoms with van der Waals surface area (Å²) in [5.41, 5.74) is 2.26. The van der Waals surface area contributed by atoms with Crippen LogP contribution in [-0.2, 0) is 0 Å². The number of benzene rings is 1. The van der Waals surface area contributed by atoms with Gasteiger partial charge in [0.25, 0.3) is 0 Å². The lowest BCUT2D eigenvalue weighted by Crippen LogP contribution is -1.96. The van der Waals surface area contributed by atoms with E-state index in [-0.39, 0.29) is 5.92 Å². The molecule has 0 fully saturated rings. The van der Waals surface area contributed by atoms with Gasteiger partial charge in [-0.25, -0.2) is 0 Å². The first kappa shape index (κ1) is 11.4. The first-order valence-corrected chi connectivity index (χ1v) is 5.78. The molecule has 0 bridgehead atoms. The minimum atomic E-state index is 0.241. The standard InChI is InChI=1S/C13H11Cl2N/c1-9(10-3-2-4-16-8-10)11-5-12(14)7-13(15)6-11/h2-9H,1H3. The highest BCUT2D eigenvalue weighted by molar-refractivity contribution is 6.34. The van der Waals surface area contributed by atoms with Gasteiger partial charge in [-0.15, -0.1) is 0 Å². The van der Waals surface area contributed by atoms with E-state index < -0.39 is 0 Å². The minimum absolute atomic E-state index is 0.241. The molecular formula is C13H11Cl2N. The zero-order valence-corrected chi connectivity index (χ0v) is 10.3. The Morgan fingerprint density at radius 1 is 1.06 bits per heavy atom. The normalized spacial score (nSPS) is 12.4. The summed E-state index contributed by atoms with van der Waals surface area (Å²) in [6.45, 7) is 2.11. The van der Waals surface area contributed by atoms with Crippen LogP contribution in [-0.4, -0.2) is 4.98 Å². The highest BCUT2D eigenvalue weighted by atomic mass is 35.5. The number of aromatic nitrogens is 1. The third-order valence-corrected chi connectivity index (χ3v) is 3.01. The van der Waals surface area contributed by atoms with Gasteiger partial charge in [-0.05, 0) is 35.4 Å². The average Bonchev–Trinajstić information content (AvgIpc) is 2.28. The van der Waals surface area contributed by atoms with Crippen molar-refractivity contribution in [2.24, 2.45) is 0 Å². The Morgan fingerprint density at radius 2 is 1.75 bits per heavy atom. The molecule has 1 unspecified atom stereocenters. The summed E-state index contributed by atoms with van der Waals surface area (Å²) in [6.07, 6.45) is 3.63. The van der Waals surface area contributed by atoms with Gasteiger partial charge in [0, 0.05) is 28.4 Å². The largest absolute Gasteiger partial charge is 0.264 e. The predicted molar refractivity (Wildman–Crippen MR) is 68.2 cm³/mol. The summed E-state index contributed by atoms with van der Waals surface area (Å²) < 4.78 is 0. The van der Waals surface area contributed by atoms with E-state index in [4.69, 9.17) is 23.2 Å². The molecule has 0 aliphatic heterocycles. The molecule has 0 saturated carbocycles. The number of rotatable bonds is 2. The molecule has 2 aromatic rings. The maximum absolute atomic E-state index is 5.98. The Bertz CT molecular complexity index is 462. The van der Waals surface area contributed by atoms with Crippen LogP contribution in [0.4, 0.5) is 0 Å². The Labute approximate surface area is 105 Å². The fourth-order valence-electron chi connectivity index (χ4n) is 1.65. The predicted octanol–water partition coefficient (Wildman–Crippen LogP) is 4.54. The van der Waals surface area contributed by atoms with Gasteiger partial charge in [-0.3, -0.25) is 4.98 Å². The first-order valence-electron chi connectivity index (χ1n) is 5.03. The zero-order valence-electron chi connectivity index (χ0n) is 8.82. The molecule has 0 aliphatic carbocycles. The second-order valence-electron chi connectivity index (χ2n) is 3.71. The van der Waals surface area contributed by atoms with Gasteiger partial charge in [0.1, 0.15) is 0 Å². The lowest BCUT2D eigenvalue weighted by molar-refractivity contribution is 0.911. The van der Waals surface area contributed by atoms with Crippen molar-refractivity contribution in [2.75, 3.05) is 0 Å². The number of nitrogens with zero attached hydrogens (tertiary/aromatic N) is 1. The highest BCUT2D eigenvalue weighted by Crippen LogP contribution is 2.28. The molecule has 1 nitrogen and oxygen atoms in total. The zero-order chi connectivity index (χ0) is 11.5. The molecule has 1 aromatic carbocycles. The average molecular weight is 252 g/mol. The lowest BCUT2D eigenvalue weighted by atomic mass is 9.95. The van der Waals surface area contributed by atoms with Gasteiger partial charge in [0.05, 0.1) is 0 Å². The quantitative estimate of drug-likeness (QED) is 0.764. The van der Waals surface area contributed by atoms with Crippen molar-refractivity contribution in [3.8, 4) is 0 Å². The second kappa shape index (κ2) is 4.86. The molecule has 0 saturated heterocycles. The van der Waals surface area contributed by atoms with Crippen LogP contribution in [0, 0.1) is 0 Å². The third kappa shape index (κ3) is 2.55. The summed E-state index contributed by atoms with van der Waals surface area (Å²) in [5, 5.41) is 1.33. The highest BCUT2D eigenvalue weighted by Gasteiger charge is 2.09. The van der Waals surface area contributed by atoms with E-state index in [9.17, 15) is 0 Å². The van der Waals surface area contributed by atoms with Crippen LogP contribution in [0.5, 0.6) is 0 Å². The van der Waals surface area contributed by atoms with Crippen LogP contribution in [0.25, 0.3) is 0 Å². The minimum Gasteiger partial charge on any atom is -0.264 e. The lowest BCUT2D eigenvalue weighted by Gasteiger charge is -2.12. The fourth-order valence-corrected chi connectivity index (χ4v) is 2.19. The second-order valence-corrected chi connectivity index (χ2v) is 4.58. The summed E-state index contributed by atoms with van der Waals surface area (Å²) >= 11 is 12.0. The van der Waals surface area contributed by atoms with E-state index >= 15 is 0 Å². The van der Waals surface area contributed by atoms with Gasteiger partial charge in [-0.1, -0.05) is 36.2 Å². The molecule has 1 aromatic heterocycles. The number of pyridine rings is 1. The van der Waals surface area contributed by atoms with Gasteiger partial charge in [0.2, 0.25) is 0 Å². The van der Waals surface area contributed by atoms with Crippen molar-refractivity contribution in [3.63, 3.8) is 0 Å². The molecule has 2 rings (SSSR count). The topological polar surface area (TPSA) is 12.9 Å². The molecule has 0 spiro atoms. The van der Waals surface area contributed by atoms with E-state index in [2.05, 4.69) is 11.9 Å². The molecule has 1 heterocycles. The van der Waals surface area contributed by atoms with Gasteiger partial charge >= 0.3 is 0 Å². The number of hydrogen-bond acceptors (Lipinski definition) is 1. The van der Waals surface area contributed by atoms with Gasteiger partial charge in [0.15, 0.2) is 0 Å². The maximum Gasteiger partial charge on any atom is 0.0423 e. The van der Waals surface area contributed by atoms with E-state index in [1.807, 2.05) is 30.5 Å². The van der Waals surface area contributed by atoms with E-state index in [0.717, 1.165) is 11.1 Å². The maximum atomic E-state index is 5.98. The Kier molecular flexibility index (Phi) is 3.47. The molecule has 0 radical (unpaired) electrons. The monoisotopic (exact) mass is 251 g/mol. The molecule has 0 amide bonds. The van der Waals surface area contributed by atoms with Crippen molar-refractivity contribution in [2.45, 2.75) is 12.8 Å². The number of hydrogen-bond donors (Lipinski definition) is 0. The van der Waals surface area contributed by atoms with Crippen LogP contribution < -0.4 is 0 Å². The van der Waals surface area contributed by atoms with Crippen LogP contribution in [0.15, 0.2) is 42.7 Å². The Morgan fingerprint density at radius 3 is 2.31 bits per heavy atom. The summed E-state index contributed by atoms with van der Waals surface area (Å²) in [6, 6.07) is 9.59. The van der Waals surface area contributed by atoms with Crippen molar-refractivity contribution in [1.29, 1.82) is 0 Å². The van der Waals surface area contributed by atoms with Gasteiger partial charge in [-0.2, -0.15) is 0 Å². The van der Waals surface area contributed by atoms with Crippen molar-refractivity contribution in [3.05, 3.63) is 63.9 Å².